The average molecular weight is 468 g/mol. The summed E-state index contributed by atoms with van der Waals surface area (Å²) in [5.74, 6) is 0.274. The van der Waals surface area contributed by atoms with E-state index in [9.17, 15) is 21.6 Å². The molecule has 1 saturated heterocycles. The molecule has 0 aliphatic carbocycles. The van der Waals surface area contributed by atoms with E-state index in [0.717, 1.165) is 10.6 Å². The Morgan fingerprint density at radius 2 is 1.58 bits per heavy atom. The SMILES string of the molecule is COc1ccc(N(C)S(=O)(=O)c2cccc(C(=O)N3CCN(S(C)(=O)=O)CC3)c2)cc1. The smallest absolute Gasteiger partial charge is 0.264 e. The molecular formula is C20H25N3O6S2. The van der Waals surface area contributed by atoms with Crippen LogP contribution in [-0.2, 0) is 20.0 Å². The van der Waals surface area contributed by atoms with Gasteiger partial charge in [0.2, 0.25) is 10.0 Å². The van der Waals surface area contributed by atoms with Crippen LogP contribution in [0.15, 0.2) is 53.4 Å². The third-order valence-electron chi connectivity index (χ3n) is 5.17. The van der Waals surface area contributed by atoms with Gasteiger partial charge in [0.1, 0.15) is 5.75 Å². The number of carbonyl (C=O) groups is 1. The molecular weight excluding hydrogens is 442 g/mol. The highest BCUT2D eigenvalue weighted by Gasteiger charge is 2.28. The summed E-state index contributed by atoms with van der Waals surface area (Å²) < 4.78 is 57.0. The second-order valence-corrected chi connectivity index (χ2v) is 11.1. The highest BCUT2D eigenvalue weighted by Crippen LogP contribution is 2.25. The van der Waals surface area contributed by atoms with Crippen molar-refractivity contribution in [2.24, 2.45) is 0 Å². The largest absolute Gasteiger partial charge is 0.497 e. The molecule has 11 heteroatoms. The number of ether oxygens (including phenoxy) is 1. The van der Waals surface area contributed by atoms with Gasteiger partial charge in [-0.25, -0.2) is 16.8 Å². The summed E-state index contributed by atoms with van der Waals surface area (Å²) in [7, 11) is -4.23. The minimum Gasteiger partial charge on any atom is -0.497 e. The van der Waals surface area contributed by atoms with Gasteiger partial charge in [-0.3, -0.25) is 9.10 Å². The van der Waals surface area contributed by atoms with Crippen LogP contribution in [0.5, 0.6) is 5.75 Å². The van der Waals surface area contributed by atoms with Crippen LogP contribution in [-0.4, -0.2) is 78.5 Å². The van der Waals surface area contributed by atoms with Gasteiger partial charge in [-0.1, -0.05) is 6.07 Å². The van der Waals surface area contributed by atoms with Crippen molar-refractivity contribution in [3.05, 3.63) is 54.1 Å². The predicted molar refractivity (Wildman–Crippen MR) is 117 cm³/mol. The van der Waals surface area contributed by atoms with E-state index >= 15 is 0 Å². The molecule has 0 bridgehead atoms. The van der Waals surface area contributed by atoms with E-state index in [0.29, 0.717) is 11.4 Å². The Kier molecular flexibility index (Phi) is 6.58. The monoisotopic (exact) mass is 467 g/mol. The maximum Gasteiger partial charge on any atom is 0.264 e. The molecule has 0 aromatic heterocycles. The van der Waals surface area contributed by atoms with Gasteiger partial charge in [-0.15, -0.1) is 0 Å². The number of anilines is 1. The van der Waals surface area contributed by atoms with Gasteiger partial charge >= 0.3 is 0 Å². The molecule has 1 heterocycles. The first-order valence-electron chi connectivity index (χ1n) is 9.51. The zero-order valence-electron chi connectivity index (χ0n) is 17.6. The molecule has 1 amide bonds. The van der Waals surface area contributed by atoms with Crippen LogP contribution >= 0.6 is 0 Å². The molecule has 0 unspecified atom stereocenters. The Labute approximate surface area is 182 Å². The molecule has 31 heavy (non-hydrogen) atoms. The van der Waals surface area contributed by atoms with Crippen molar-refractivity contribution in [1.82, 2.24) is 9.21 Å². The number of hydrogen-bond donors (Lipinski definition) is 0. The highest BCUT2D eigenvalue weighted by molar-refractivity contribution is 7.92. The van der Waals surface area contributed by atoms with E-state index in [4.69, 9.17) is 4.74 Å². The van der Waals surface area contributed by atoms with Crippen molar-refractivity contribution in [3.63, 3.8) is 0 Å². The number of piperazine rings is 1. The number of sulfonamides is 2. The van der Waals surface area contributed by atoms with Crippen molar-refractivity contribution in [3.8, 4) is 5.75 Å². The van der Waals surface area contributed by atoms with Crippen LogP contribution in [0.25, 0.3) is 0 Å². The van der Waals surface area contributed by atoms with Gasteiger partial charge in [0.25, 0.3) is 15.9 Å². The first-order chi connectivity index (χ1) is 14.5. The summed E-state index contributed by atoms with van der Waals surface area (Å²) >= 11 is 0. The van der Waals surface area contributed by atoms with Crippen molar-refractivity contribution in [2.75, 3.05) is 50.9 Å². The molecule has 1 aliphatic heterocycles. The Bertz CT molecular complexity index is 1160. The summed E-state index contributed by atoms with van der Waals surface area (Å²) in [6, 6.07) is 12.5. The first kappa shape index (κ1) is 23.0. The molecule has 168 valence electrons. The highest BCUT2D eigenvalue weighted by atomic mass is 32.2. The molecule has 0 radical (unpaired) electrons. The Morgan fingerprint density at radius 1 is 0.968 bits per heavy atom. The summed E-state index contributed by atoms with van der Waals surface area (Å²) in [6.45, 7) is 0.912. The quantitative estimate of drug-likeness (QED) is 0.633. The molecule has 1 aliphatic rings. The second-order valence-electron chi connectivity index (χ2n) is 7.15. The van der Waals surface area contributed by atoms with Gasteiger partial charge in [0.15, 0.2) is 0 Å². The third-order valence-corrected chi connectivity index (χ3v) is 8.26. The molecule has 2 aromatic carbocycles. The van der Waals surface area contributed by atoms with Crippen molar-refractivity contribution in [1.29, 1.82) is 0 Å². The fraction of sp³-hybridized carbons (Fsp3) is 0.350. The van der Waals surface area contributed by atoms with E-state index < -0.39 is 20.0 Å². The number of amides is 1. The first-order valence-corrected chi connectivity index (χ1v) is 12.8. The predicted octanol–water partition coefficient (Wildman–Crippen LogP) is 1.24. The maximum absolute atomic E-state index is 13.1. The maximum atomic E-state index is 13.1. The number of methoxy groups -OCH3 is 1. The van der Waals surface area contributed by atoms with Gasteiger partial charge in [0, 0.05) is 38.8 Å². The summed E-state index contributed by atoms with van der Waals surface area (Å²) in [6.07, 6.45) is 1.14. The zero-order valence-corrected chi connectivity index (χ0v) is 19.2. The van der Waals surface area contributed by atoms with Crippen molar-refractivity contribution in [2.45, 2.75) is 4.90 Å². The Hall–Kier alpha value is -2.63. The molecule has 9 nitrogen and oxygen atoms in total. The molecule has 3 rings (SSSR count). The minimum absolute atomic E-state index is 0.00793. The topological polar surface area (TPSA) is 104 Å². The van der Waals surface area contributed by atoms with Crippen LogP contribution in [0.4, 0.5) is 5.69 Å². The number of hydrogen-bond acceptors (Lipinski definition) is 6. The minimum atomic E-state index is -3.89. The van der Waals surface area contributed by atoms with E-state index in [1.807, 2.05) is 0 Å². The normalized spacial score (nSPS) is 15.5. The summed E-state index contributed by atoms with van der Waals surface area (Å²) in [5, 5.41) is 0. The van der Waals surface area contributed by atoms with Crippen LogP contribution in [0.2, 0.25) is 0 Å². The lowest BCUT2D eigenvalue weighted by Crippen LogP contribution is -2.50. The van der Waals surface area contributed by atoms with Crippen LogP contribution < -0.4 is 9.04 Å². The summed E-state index contributed by atoms with van der Waals surface area (Å²) in [5.41, 5.74) is 0.687. The van der Waals surface area contributed by atoms with Crippen molar-refractivity contribution < 1.29 is 26.4 Å². The molecule has 0 N–H and O–H groups in total. The molecule has 0 spiro atoms. The van der Waals surface area contributed by atoms with Crippen LogP contribution in [0.3, 0.4) is 0 Å². The molecule has 0 atom stereocenters. The number of benzene rings is 2. The Balaban J connectivity index is 1.79. The van der Waals surface area contributed by atoms with E-state index in [-0.39, 0.29) is 42.5 Å². The van der Waals surface area contributed by atoms with Crippen LogP contribution in [0.1, 0.15) is 10.4 Å². The fourth-order valence-corrected chi connectivity index (χ4v) is 5.35. The van der Waals surface area contributed by atoms with Gasteiger partial charge in [-0.05, 0) is 42.5 Å². The lowest BCUT2D eigenvalue weighted by Gasteiger charge is -2.33. The standard InChI is InChI=1S/C20H25N3O6S2/c1-21(17-7-9-18(29-2)10-8-17)31(27,28)19-6-4-5-16(15-19)20(24)22-11-13-23(14-12-22)30(3,25)26/h4-10,15H,11-14H2,1-3H3. The summed E-state index contributed by atoms with van der Waals surface area (Å²) in [4.78, 5) is 14.4. The van der Waals surface area contributed by atoms with Gasteiger partial charge in [-0.2, -0.15) is 4.31 Å². The second kappa shape index (κ2) is 8.85. The van der Waals surface area contributed by atoms with Crippen molar-refractivity contribution >= 4 is 31.6 Å². The van der Waals surface area contributed by atoms with Crippen LogP contribution in [0, 0.1) is 0 Å². The van der Waals surface area contributed by atoms with E-state index in [1.165, 1.54) is 41.6 Å². The molecule has 0 saturated carbocycles. The van der Waals surface area contributed by atoms with E-state index in [1.54, 1.807) is 30.3 Å². The number of nitrogens with zero attached hydrogens (tertiary/aromatic N) is 3. The lowest BCUT2D eigenvalue weighted by molar-refractivity contribution is 0.0698. The average Bonchev–Trinajstić information content (AvgIpc) is 2.77. The van der Waals surface area contributed by atoms with Gasteiger partial charge < -0.3 is 9.64 Å². The number of carbonyl (C=O) groups excluding carboxylic acids is 1. The fourth-order valence-electron chi connectivity index (χ4n) is 3.28. The molecule has 1 fully saturated rings. The van der Waals surface area contributed by atoms with E-state index in [2.05, 4.69) is 0 Å². The lowest BCUT2D eigenvalue weighted by atomic mass is 10.2. The Morgan fingerprint density at radius 3 is 2.13 bits per heavy atom. The molecule has 2 aromatic rings. The number of rotatable bonds is 6. The zero-order chi connectivity index (χ0) is 22.8. The van der Waals surface area contributed by atoms with Gasteiger partial charge in [0.05, 0.1) is 23.9 Å². The third kappa shape index (κ3) is 5.00.